The van der Waals surface area contributed by atoms with Crippen LogP contribution in [0, 0.1) is 0 Å². The van der Waals surface area contributed by atoms with E-state index in [1.165, 1.54) is 0 Å². The van der Waals surface area contributed by atoms with Crippen molar-refractivity contribution >= 4 is 10.8 Å². The molecule has 0 bridgehead atoms. The number of rotatable bonds is 7. The number of hydrogen-bond acceptors (Lipinski definition) is 4. The summed E-state index contributed by atoms with van der Waals surface area (Å²) < 4.78 is 23.3. The van der Waals surface area contributed by atoms with Crippen molar-refractivity contribution in [2.24, 2.45) is 0 Å². The molecule has 1 N–H and O–H groups in total. The minimum atomic E-state index is -0.801. The highest BCUT2D eigenvalue weighted by Crippen LogP contribution is 2.32. The topological polar surface area (TPSA) is 47.6 Å². The Morgan fingerprint density at radius 1 is 1.24 bits per heavy atom. The predicted molar refractivity (Wildman–Crippen MR) is 86.6 cm³/mol. The van der Waals surface area contributed by atoms with Gasteiger partial charge in [-0.15, -0.1) is 0 Å². The van der Waals surface area contributed by atoms with Gasteiger partial charge in [-0.25, -0.2) is 0 Å². The number of fused-ring (bicyclic) bond motifs is 1. The maximum atomic E-state index is 11.9. The van der Waals surface area contributed by atoms with Gasteiger partial charge in [0.2, 0.25) is 0 Å². The van der Waals surface area contributed by atoms with Crippen LogP contribution in [0.4, 0.5) is 0 Å². The minimum absolute atomic E-state index is 0.0999. The van der Waals surface area contributed by atoms with Crippen molar-refractivity contribution in [3.63, 3.8) is 0 Å². The summed E-state index contributed by atoms with van der Waals surface area (Å²) >= 11 is 0. The molecular weight excluding hydrogens is 286 g/mol. The minimum Gasteiger partial charge on any atom is -0.490 e. The van der Waals surface area contributed by atoms with Crippen LogP contribution in [0.1, 0.15) is 38.3 Å². The first-order valence-electron chi connectivity index (χ1n) is 7.72. The van der Waals surface area contributed by atoms with Crippen LogP contribution < -0.4 is 14.8 Å². The van der Waals surface area contributed by atoms with Gasteiger partial charge in [0, 0.05) is 34.8 Å². The fraction of sp³-hybridized carbons (Fsp3) is 0.625. The third kappa shape index (κ3) is 4.71. The Hall–Kier alpha value is -1.07. The first-order chi connectivity index (χ1) is 10.2. The molecule has 118 valence electrons. The lowest BCUT2D eigenvalue weighted by Gasteiger charge is -2.20. The summed E-state index contributed by atoms with van der Waals surface area (Å²) in [6, 6.07) is 6.14. The first-order valence-corrected chi connectivity index (χ1v) is 9.21. The highest BCUT2D eigenvalue weighted by molar-refractivity contribution is 7.84. The van der Waals surface area contributed by atoms with E-state index >= 15 is 0 Å². The Morgan fingerprint density at radius 3 is 2.71 bits per heavy atom. The number of ether oxygens (including phenoxy) is 2. The highest BCUT2D eigenvalue weighted by atomic mass is 32.2. The van der Waals surface area contributed by atoms with Crippen LogP contribution in [0.3, 0.4) is 0 Å². The zero-order valence-corrected chi connectivity index (χ0v) is 13.7. The van der Waals surface area contributed by atoms with Crippen molar-refractivity contribution in [2.75, 3.05) is 31.3 Å². The molecule has 0 saturated carbocycles. The van der Waals surface area contributed by atoms with Gasteiger partial charge < -0.3 is 14.8 Å². The third-order valence-corrected chi connectivity index (χ3v) is 4.84. The molecule has 0 spiro atoms. The van der Waals surface area contributed by atoms with Gasteiger partial charge in [-0.3, -0.25) is 4.21 Å². The van der Waals surface area contributed by atoms with Crippen LogP contribution in [0.2, 0.25) is 0 Å². The van der Waals surface area contributed by atoms with Crippen LogP contribution in [0.5, 0.6) is 11.5 Å². The summed E-state index contributed by atoms with van der Waals surface area (Å²) in [5, 5.41) is 3.48. The monoisotopic (exact) mass is 311 g/mol. The average Bonchev–Trinajstić information content (AvgIpc) is 2.75. The highest BCUT2D eigenvalue weighted by Gasteiger charge is 2.17. The smallest absolute Gasteiger partial charge is 0.161 e. The number of hydrogen-bond donors (Lipinski definition) is 1. The summed E-state index contributed by atoms with van der Waals surface area (Å²) in [5.74, 6) is 2.93. The van der Waals surface area contributed by atoms with Crippen molar-refractivity contribution < 1.29 is 13.7 Å². The van der Waals surface area contributed by atoms with Gasteiger partial charge in [0.05, 0.1) is 13.2 Å². The largest absolute Gasteiger partial charge is 0.490 e. The van der Waals surface area contributed by atoms with E-state index in [9.17, 15) is 4.21 Å². The molecule has 1 aliphatic rings. The molecule has 2 unspecified atom stereocenters. The lowest BCUT2D eigenvalue weighted by molar-refractivity contribution is 0.297. The molecule has 0 amide bonds. The third-order valence-electron chi connectivity index (χ3n) is 3.49. The molecule has 0 aromatic heterocycles. The molecule has 2 rings (SSSR count). The lowest BCUT2D eigenvalue weighted by atomic mass is 10.1. The van der Waals surface area contributed by atoms with Crippen LogP contribution in [-0.4, -0.2) is 35.5 Å². The normalized spacial score (nSPS) is 17.0. The summed E-state index contributed by atoms with van der Waals surface area (Å²) in [6.07, 6.45) is 1.96. The Balaban J connectivity index is 2.18. The van der Waals surface area contributed by atoms with Gasteiger partial charge in [-0.05, 0) is 30.7 Å². The van der Waals surface area contributed by atoms with E-state index in [-0.39, 0.29) is 6.04 Å². The maximum Gasteiger partial charge on any atom is 0.161 e. The van der Waals surface area contributed by atoms with Gasteiger partial charge >= 0.3 is 0 Å². The van der Waals surface area contributed by atoms with E-state index in [0.29, 0.717) is 24.7 Å². The van der Waals surface area contributed by atoms with Gasteiger partial charge in [0.1, 0.15) is 0 Å². The van der Waals surface area contributed by atoms with E-state index in [2.05, 4.69) is 12.2 Å². The quantitative estimate of drug-likeness (QED) is 0.841. The molecule has 0 aliphatic carbocycles. The zero-order chi connectivity index (χ0) is 15.1. The van der Waals surface area contributed by atoms with Crippen molar-refractivity contribution in [1.29, 1.82) is 0 Å². The van der Waals surface area contributed by atoms with Crippen LogP contribution >= 0.6 is 0 Å². The second kappa shape index (κ2) is 8.39. The van der Waals surface area contributed by atoms with E-state index < -0.39 is 10.8 Å². The Labute approximate surface area is 129 Å². The Kier molecular flexibility index (Phi) is 6.51. The summed E-state index contributed by atoms with van der Waals surface area (Å²) in [7, 11) is -0.801. The van der Waals surface area contributed by atoms with Gasteiger partial charge in [-0.2, -0.15) is 0 Å². The van der Waals surface area contributed by atoms with Crippen LogP contribution in [0.25, 0.3) is 0 Å². The predicted octanol–water partition coefficient (Wildman–Crippen LogP) is 2.66. The molecule has 4 nitrogen and oxygen atoms in total. The second-order valence-corrected chi connectivity index (χ2v) is 6.95. The molecule has 1 heterocycles. The molecular formula is C16H25NO3S. The Morgan fingerprint density at radius 2 is 2.00 bits per heavy atom. The maximum absolute atomic E-state index is 11.9. The number of benzene rings is 1. The summed E-state index contributed by atoms with van der Waals surface area (Å²) in [6.45, 7) is 6.39. The molecule has 21 heavy (non-hydrogen) atoms. The molecule has 1 aromatic carbocycles. The van der Waals surface area contributed by atoms with Crippen molar-refractivity contribution in [1.82, 2.24) is 5.32 Å². The molecule has 0 saturated heterocycles. The first kappa shape index (κ1) is 16.3. The average molecular weight is 311 g/mol. The lowest BCUT2D eigenvalue weighted by Crippen LogP contribution is -2.27. The van der Waals surface area contributed by atoms with E-state index in [1.807, 2.05) is 25.1 Å². The zero-order valence-electron chi connectivity index (χ0n) is 12.9. The van der Waals surface area contributed by atoms with Crippen molar-refractivity contribution in [3.05, 3.63) is 23.8 Å². The standard InChI is InChI=1S/C16H25NO3S/c1-3-8-17-14(12-21(18)4-2)13-6-7-15-16(11-13)20-10-5-9-19-15/h6-7,11,14,17H,3-5,8-10,12H2,1-2H3. The summed E-state index contributed by atoms with van der Waals surface area (Å²) in [5.41, 5.74) is 1.12. The molecule has 0 fully saturated rings. The molecule has 5 heteroatoms. The second-order valence-electron chi connectivity index (χ2n) is 5.16. The van der Waals surface area contributed by atoms with Crippen LogP contribution in [0.15, 0.2) is 18.2 Å². The molecule has 1 aliphatic heterocycles. The molecule has 2 atom stereocenters. The Bertz CT molecular complexity index is 479. The van der Waals surface area contributed by atoms with Crippen molar-refractivity contribution in [2.45, 2.75) is 32.7 Å². The van der Waals surface area contributed by atoms with Gasteiger partial charge in [0.25, 0.3) is 0 Å². The van der Waals surface area contributed by atoms with E-state index in [0.717, 1.165) is 36.4 Å². The van der Waals surface area contributed by atoms with Crippen molar-refractivity contribution in [3.8, 4) is 11.5 Å². The van der Waals surface area contributed by atoms with Gasteiger partial charge in [0.15, 0.2) is 11.5 Å². The van der Waals surface area contributed by atoms with E-state index in [4.69, 9.17) is 9.47 Å². The fourth-order valence-electron chi connectivity index (χ4n) is 2.29. The van der Waals surface area contributed by atoms with Gasteiger partial charge in [-0.1, -0.05) is 19.9 Å². The molecule has 0 radical (unpaired) electrons. The van der Waals surface area contributed by atoms with Crippen LogP contribution in [-0.2, 0) is 10.8 Å². The van der Waals surface area contributed by atoms with E-state index in [1.54, 1.807) is 0 Å². The summed E-state index contributed by atoms with van der Waals surface area (Å²) in [4.78, 5) is 0. The fourth-order valence-corrected chi connectivity index (χ4v) is 3.21. The SMILES string of the molecule is CCCNC(CS(=O)CC)c1ccc2c(c1)OCCCO2. The molecule has 1 aromatic rings. The number of nitrogens with one attached hydrogen (secondary N) is 1.